The van der Waals surface area contributed by atoms with Gasteiger partial charge < -0.3 is 26.6 Å². The second-order valence-electron chi connectivity index (χ2n) is 10.1. The van der Waals surface area contributed by atoms with E-state index in [1.807, 2.05) is 12.1 Å². The van der Waals surface area contributed by atoms with Crippen LogP contribution in [0.5, 0.6) is 0 Å². The van der Waals surface area contributed by atoms with Gasteiger partial charge in [0.15, 0.2) is 0 Å². The summed E-state index contributed by atoms with van der Waals surface area (Å²) < 4.78 is 0. The van der Waals surface area contributed by atoms with E-state index in [2.05, 4.69) is 28.1 Å². The van der Waals surface area contributed by atoms with Gasteiger partial charge in [-0.1, -0.05) is 43.5 Å². The van der Waals surface area contributed by atoms with Crippen LogP contribution in [0.1, 0.15) is 68.5 Å². The topological polar surface area (TPSA) is 117 Å². The van der Waals surface area contributed by atoms with Crippen LogP contribution in [-0.4, -0.2) is 60.9 Å². The smallest absolute Gasteiger partial charge is 0.246 e. The minimum atomic E-state index is -0.614. The molecule has 1 aromatic rings. The zero-order valence-corrected chi connectivity index (χ0v) is 20.2. The Bertz CT molecular complexity index is 885. The van der Waals surface area contributed by atoms with Crippen molar-refractivity contribution in [3.8, 4) is 0 Å². The summed E-state index contributed by atoms with van der Waals surface area (Å²) in [5, 5.41) is 9.03. The molecular formula is C26H39N5O3. The number of nitrogens with two attached hydrogens (primary N) is 1. The molecule has 186 valence electrons. The Morgan fingerprint density at radius 2 is 1.85 bits per heavy atom. The minimum absolute atomic E-state index is 0.0456. The van der Waals surface area contributed by atoms with Crippen molar-refractivity contribution in [2.75, 3.05) is 20.1 Å². The Kier molecular flexibility index (Phi) is 8.21. The molecule has 5 N–H and O–H groups in total. The molecule has 1 saturated heterocycles. The van der Waals surface area contributed by atoms with E-state index in [0.29, 0.717) is 13.0 Å². The number of carbonyl (C=O) groups is 3. The van der Waals surface area contributed by atoms with Crippen LogP contribution >= 0.6 is 0 Å². The van der Waals surface area contributed by atoms with E-state index < -0.39 is 12.1 Å². The van der Waals surface area contributed by atoms with Crippen molar-refractivity contribution < 1.29 is 14.4 Å². The van der Waals surface area contributed by atoms with Gasteiger partial charge in [0, 0.05) is 12.6 Å². The molecule has 8 nitrogen and oxygen atoms in total. The van der Waals surface area contributed by atoms with Crippen LogP contribution in [0.2, 0.25) is 0 Å². The van der Waals surface area contributed by atoms with E-state index in [4.69, 9.17) is 5.73 Å². The lowest BCUT2D eigenvalue weighted by atomic mass is 9.83. The monoisotopic (exact) mass is 469 g/mol. The highest BCUT2D eigenvalue weighted by Gasteiger charge is 2.43. The average molecular weight is 470 g/mol. The molecule has 1 aliphatic heterocycles. The van der Waals surface area contributed by atoms with Crippen molar-refractivity contribution in [1.29, 1.82) is 0 Å². The van der Waals surface area contributed by atoms with Crippen molar-refractivity contribution in [3.63, 3.8) is 0 Å². The van der Waals surface area contributed by atoms with Crippen LogP contribution < -0.4 is 21.7 Å². The number of nitrogens with zero attached hydrogens (tertiary/aromatic N) is 1. The van der Waals surface area contributed by atoms with Gasteiger partial charge >= 0.3 is 0 Å². The van der Waals surface area contributed by atoms with E-state index in [-0.39, 0.29) is 42.3 Å². The second kappa shape index (κ2) is 11.3. The Balaban J connectivity index is 1.50. The number of likely N-dealkylation sites (N-methyl/N-ethyl adjacent to an activating group) is 1. The third-order valence-corrected chi connectivity index (χ3v) is 7.65. The van der Waals surface area contributed by atoms with E-state index in [1.54, 1.807) is 11.9 Å². The summed E-state index contributed by atoms with van der Waals surface area (Å²) in [6.07, 6.45) is 8.46. The predicted octanol–water partition coefficient (Wildman–Crippen LogP) is 1.39. The molecule has 2 fully saturated rings. The molecular weight excluding hydrogens is 430 g/mol. The summed E-state index contributed by atoms with van der Waals surface area (Å²) in [5.74, 6) is -0.428. The first kappa shape index (κ1) is 24.7. The molecule has 0 radical (unpaired) electrons. The number of nitrogens with one attached hydrogen (secondary N) is 3. The lowest BCUT2D eigenvalue weighted by molar-refractivity contribution is -0.143. The molecule has 1 aromatic carbocycles. The highest BCUT2D eigenvalue weighted by Crippen LogP contribution is 2.31. The highest BCUT2D eigenvalue weighted by atomic mass is 16.2. The Morgan fingerprint density at radius 3 is 2.62 bits per heavy atom. The predicted molar refractivity (Wildman–Crippen MR) is 131 cm³/mol. The molecule has 1 unspecified atom stereocenters. The van der Waals surface area contributed by atoms with E-state index in [9.17, 15) is 14.4 Å². The number of rotatable bonds is 7. The summed E-state index contributed by atoms with van der Waals surface area (Å²) in [6, 6.07) is 6.73. The normalized spacial score (nSPS) is 25.9. The van der Waals surface area contributed by atoms with Crippen molar-refractivity contribution in [1.82, 2.24) is 20.9 Å². The average Bonchev–Trinajstić information content (AvgIpc) is 3.25. The summed E-state index contributed by atoms with van der Waals surface area (Å²) in [4.78, 5) is 41.3. The van der Waals surface area contributed by atoms with Gasteiger partial charge in [-0.2, -0.15) is 0 Å². The summed E-state index contributed by atoms with van der Waals surface area (Å²) in [6.45, 7) is 0.490. The van der Waals surface area contributed by atoms with Crippen molar-refractivity contribution in [3.05, 3.63) is 35.4 Å². The summed E-state index contributed by atoms with van der Waals surface area (Å²) >= 11 is 0. The quantitative estimate of drug-likeness (QED) is 0.482. The largest absolute Gasteiger partial charge is 0.347 e. The summed E-state index contributed by atoms with van der Waals surface area (Å²) in [5.41, 5.74) is 8.70. The fourth-order valence-corrected chi connectivity index (χ4v) is 5.94. The molecule has 0 spiro atoms. The number of benzene rings is 1. The molecule has 4 rings (SSSR count). The molecule has 1 heterocycles. The zero-order chi connectivity index (χ0) is 24.1. The Labute approximate surface area is 202 Å². The first-order valence-electron chi connectivity index (χ1n) is 12.9. The highest BCUT2D eigenvalue weighted by molar-refractivity contribution is 5.93. The van der Waals surface area contributed by atoms with Crippen LogP contribution in [0.25, 0.3) is 0 Å². The van der Waals surface area contributed by atoms with E-state index in [1.165, 1.54) is 11.1 Å². The Hall–Kier alpha value is -2.45. The molecule has 3 amide bonds. The molecule has 4 atom stereocenters. The van der Waals surface area contributed by atoms with E-state index >= 15 is 0 Å². The molecule has 0 bridgehead atoms. The number of carbonyl (C=O) groups excluding carboxylic acids is 3. The molecule has 0 aromatic heterocycles. The van der Waals surface area contributed by atoms with Crippen LogP contribution in [0.3, 0.4) is 0 Å². The van der Waals surface area contributed by atoms with Crippen molar-refractivity contribution in [2.45, 2.75) is 82.0 Å². The lowest BCUT2D eigenvalue weighted by Crippen LogP contribution is -2.57. The number of likely N-dealkylation sites (tertiary alicyclic amines) is 1. The second-order valence-corrected chi connectivity index (χ2v) is 10.1. The van der Waals surface area contributed by atoms with Crippen molar-refractivity contribution >= 4 is 17.7 Å². The maximum Gasteiger partial charge on any atom is 0.246 e. The van der Waals surface area contributed by atoms with Gasteiger partial charge in [0.2, 0.25) is 17.7 Å². The van der Waals surface area contributed by atoms with Gasteiger partial charge in [0.25, 0.3) is 0 Å². The van der Waals surface area contributed by atoms with Gasteiger partial charge in [-0.05, 0) is 62.6 Å². The van der Waals surface area contributed by atoms with Gasteiger partial charge in [-0.25, -0.2) is 0 Å². The molecule has 8 heteroatoms. The maximum absolute atomic E-state index is 13.8. The van der Waals surface area contributed by atoms with Crippen LogP contribution in [0.15, 0.2) is 24.3 Å². The van der Waals surface area contributed by atoms with Crippen LogP contribution in [0.4, 0.5) is 0 Å². The summed E-state index contributed by atoms with van der Waals surface area (Å²) in [7, 11) is 1.71. The van der Waals surface area contributed by atoms with Crippen LogP contribution in [-0.2, 0) is 20.8 Å². The molecule has 34 heavy (non-hydrogen) atoms. The standard InChI is InChI=1S/C26H39N5O3/c1-28-15-23(32)30-24(18-9-3-2-4-10-18)26(34)31-16-19(27)14-22(31)25(33)29-21-13-7-11-17-8-5-6-12-20(17)21/h5-6,8,12,18-19,21-22,24,28H,2-4,7,9-11,13-16,27H2,1H3,(H,29,33)(H,30,32)/t19-,21?,22-,24-/m0/s1. The molecule has 3 aliphatic rings. The van der Waals surface area contributed by atoms with Gasteiger partial charge in [-0.15, -0.1) is 0 Å². The van der Waals surface area contributed by atoms with Gasteiger partial charge in [-0.3, -0.25) is 14.4 Å². The SMILES string of the molecule is CNCC(=O)N[C@H](C(=O)N1C[C@@H](N)C[C@H]1C(=O)NC1CCCc2ccccc21)C1CCCCC1. The third-order valence-electron chi connectivity index (χ3n) is 7.65. The first-order valence-corrected chi connectivity index (χ1v) is 12.9. The number of amides is 3. The van der Waals surface area contributed by atoms with E-state index in [0.717, 1.165) is 51.4 Å². The van der Waals surface area contributed by atoms with Crippen molar-refractivity contribution in [2.24, 2.45) is 11.7 Å². The van der Waals surface area contributed by atoms with Gasteiger partial charge in [0.05, 0.1) is 12.6 Å². The fourth-order valence-electron chi connectivity index (χ4n) is 5.94. The number of aryl methyl sites for hydroxylation is 1. The number of hydrogen-bond donors (Lipinski definition) is 4. The first-order chi connectivity index (χ1) is 16.5. The number of hydrogen-bond acceptors (Lipinski definition) is 5. The zero-order valence-electron chi connectivity index (χ0n) is 20.2. The Morgan fingerprint density at radius 1 is 1.09 bits per heavy atom. The fraction of sp³-hybridized carbons (Fsp3) is 0.654. The maximum atomic E-state index is 13.8. The van der Waals surface area contributed by atoms with Crippen LogP contribution in [0, 0.1) is 5.92 Å². The molecule has 1 saturated carbocycles. The third kappa shape index (κ3) is 5.61. The minimum Gasteiger partial charge on any atom is -0.347 e. The lowest BCUT2D eigenvalue weighted by Gasteiger charge is -2.35. The molecule has 2 aliphatic carbocycles. The number of fused-ring (bicyclic) bond motifs is 1. The van der Waals surface area contributed by atoms with Gasteiger partial charge in [0.1, 0.15) is 12.1 Å².